The summed E-state index contributed by atoms with van der Waals surface area (Å²) in [5.74, 6) is 0.0199. The van der Waals surface area contributed by atoms with Crippen molar-refractivity contribution in [1.82, 2.24) is 4.90 Å². The van der Waals surface area contributed by atoms with E-state index < -0.39 is 0 Å². The van der Waals surface area contributed by atoms with Gasteiger partial charge in [-0.1, -0.05) is 88.7 Å². The average Bonchev–Trinajstić information content (AvgIpc) is 2.71. The minimum Gasteiger partial charge on any atom is -0.402 e. The molecule has 0 aliphatic heterocycles. The second kappa shape index (κ2) is 10.7. The van der Waals surface area contributed by atoms with Crippen LogP contribution in [-0.4, -0.2) is 17.2 Å². The summed E-state index contributed by atoms with van der Waals surface area (Å²) in [6, 6.07) is 28.4. The number of carbonyl (C=O) groups is 1. The van der Waals surface area contributed by atoms with Crippen LogP contribution >= 0.6 is 15.9 Å². The highest BCUT2D eigenvalue weighted by molar-refractivity contribution is 9.10. The third-order valence-corrected chi connectivity index (χ3v) is 5.07. The van der Waals surface area contributed by atoms with Crippen molar-refractivity contribution in [3.05, 3.63) is 118 Å². The van der Waals surface area contributed by atoms with Crippen molar-refractivity contribution in [3.63, 3.8) is 0 Å². The zero-order valence-corrected chi connectivity index (χ0v) is 17.9. The zero-order valence-electron chi connectivity index (χ0n) is 16.3. The van der Waals surface area contributed by atoms with E-state index in [2.05, 4.69) is 45.1 Å². The van der Waals surface area contributed by atoms with E-state index in [0.29, 0.717) is 31.8 Å². The van der Waals surface area contributed by atoms with Crippen LogP contribution in [0, 0.1) is 0 Å². The van der Waals surface area contributed by atoms with Crippen LogP contribution < -0.4 is 5.73 Å². The minimum atomic E-state index is 0.0199. The topological polar surface area (TPSA) is 46.3 Å². The molecule has 4 heteroatoms. The SMILES string of the molecule is N/C(=C\C(=O)CN(Cc1ccccc1)Cc1ccccc1)Cc1ccc(Br)cc1. The maximum atomic E-state index is 12.7. The van der Waals surface area contributed by atoms with Crippen LogP contribution in [0.1, 0.15) is 16.7 Å². The van der Waals surface area contributed by atoms with Gasteiger partial charge >= 0.3 is 0 Å². The summed E-state index contributed by atoms with van der Waals surface area (Å²) in [7, 11) is 0. The number of nitrogens with zero attached hydrogens (tertiary/aromatic N) is 1. The number of carbonyl (C=O) groups excluding carboxylic acids is 1. The lowest BCUT2D eigenvalue weighted by atomic mass is 10.1. The normalized spacial score (nSPS) is 11.6. The fourth-order valence-electron chi connectivity index (χ4n) is 3.21. The second-order valence-corrected chi connectivity index (χ2v) is 8.02. The molecule has 148 valence electrons. The van der Waals surface area contributed by atoms with Gasteiger partial charge < -0.3 is 5.73 Å². The Hall–Kier alpha value is -2.69. The molecule has 3 aromatic carbocycles. The van der Waals surface area contributed by atoms with Crippen LogP contribution in [0.5, 0.6) is 0 Å². The molecule has 0 bridgehead atoms. The fourth-order valence-corrected chi connectivity index (χ4v) is 3.48. The van der Waals surface area contributed by atoms with E-state index in [1.807, 2.05) is 60.7 Å². The van der Waals surface area contributed by atoms with Crippen LogP contribution in [0.3, 0.4) is 0 Å². The number of rotatable bonds is 9. The molecule has 3 aromatic rings. The molecule has 0 aromatic heterocycles. The largest absolute Gasteiger partial charge is 0.402 e. The molecule has 29 heavy (non-hydrogen) atoms. The van der Waals surface area contributed by atoms with Crippen LogP contribution in [-0.2, 0) is 24.3 Å². The Bertz CT molecular complexity index is 896. The third-order valence-electron chi connectivity index (χ3n) is 4.55. The Balaban J connectivity index is 1.66. The molecule has 0 aliphatic rings. The van der Waals surface area contributed by atoms with E-state index >= 15 is 0 Å². The van der Waals surface area contributed by atoms with Crippen molar-refractivity contribution in [3.8, 4) is 0 Å². The molecule has 0 radical (unpaired) electrons. The Morgan fingerprint density at radius 2 is 1.31 bits per heavy atom. The van der Waals surface area contributed by atoms with Crippen molar-refractivity contribution in [2.75, 3.05) is 6.54 Å². The number of hydrogen-bond donors (Lipinski definition) is 1. The predicted molar refractivity (Wildman–Crippen MR) is 122 cm³/mol. The van der Waals surface area contributed by atoms with Crippen LogP contribution in [0.25, 0.3) is 0 Å². The average molecular weight is 449 g/mol. The zero-order chi connectivity index (χ0) is 20.5. The summed E-state index contributed by atoms with van der Waals surface area (Å²) in [6.07, 6.45) is 2.14. The molecule has 0 saturated heterocycles. The molecule has 0 heterocycles. The van der Waals surface area contributed by atoms with Crippen molar-refractivity contribution >= 4 is 21.7 Å². The molecular formula is C25H25BrN2O. The van der Waals surface area contributed by atoms with Gasteiger partial charge in [0.2, 0.25) is 0 Å². The van der Waals surface area contributed by atoms with Gasteiger partial charge in [-0.15, -0.1) is 0 Å². The summed E-state index contributed by atoms with van der Waals surface area (Å²) >= 11 is 3.43. The van der Waals surface area contributed by atoms with Gasteiger partial charge in [0.25, 0.3) is 0 Å². The summed E-state index contributed by atoms with van der Waals surface area (Å²) < 4.78 is 1.03. The summed E-state index contributed by atoms with van der Waals surface area (Å²) in [6.45, 7) is 1.74. The molecule has 0 unspecified atom stereocenters. The summed E-state index contributed by atoms with van der Waals surface area (Å²) in [4.78, 5) is 14.8. The van der Waals surface area contributed by atoms with Crippen molar-refractivity contribution < 1.29 is 4.79 Å². The first-order valence-electron chi connectivity index (χ1n) is 9.62. The van der Waals surface area contributed by atoms with E-state index in [9.17, 15) is 4.79 Å². The van der Waals surface area contributed by atoms with Gasteiger partial charge in [-0.05, 0) is 28.8 Å². The van der Waals surface area contributed by atoms with Gasteiger partial charge in [-0.3, -0.25) is 9.69 Å². The third kappa shape index (κ3) is 7.33. The van der Waals surface area contributed by atoms with E-state index in [4.69, 9.17) is 5.73 Å². The predicted octanol–water partition coefficient (Wildman–Crippen LogP) is 5.11. The highest BCUT2D eigenvalue weighted by atomic mass is 79.9. The molecule has 0 spiro atoms. The Kier molecular flexibility index (Phi) is 7.79. The number of benzene rings is 3. The maximum absolute atomic E-state index is 12.7. The molecule has 2 N–H and O–H groups in total. The molecular weight excluding hydrogens is 424 g/mol. The lowest BCUT2D eigenvalue weighted by Crippen LogP contribution is -2.29. The highest BCUT2D eigenvalue weighted by Crippen LogP contribution is 2.13. The monoisotopic (exact) mass is 448 g/mol. The molecule has 0 aliphatic carbocycles. The quantitative estimate of drug-likeness (QED) is 0.462. The lowest BCUT2D eigenvalue weighted by molar-refractivity contribution is -0.116. The van der Waals surface area contributed by atoms with Gasteiger partial charge in [-0.25, -0.2) is 0 Å². The molecule has 3 rings (SSSR count). The van der Waals surface area contributed by atoms with Crippen molar-refractivity contribution in [2.45, 2.75) is 19.5 Å². The number of ketones is 1. The minimum absolute atomic E-state index is 0.0199. The molecule has 3 nitrogen and oxygen atoms in total. The number of halogens is 1. The number of hydrogen-bond acceptors (Lipinski definition) is 3. The Morgan fingerprint density at radius 3 is 1.83 bits per heavy atom. The Morgan fingerprint density at radius 1 is 0.793 bits per heavy atom. The van der Waals surface area contributed by atoms with Crippen molar-refractivity contribution in [1.29, 1.82) is 0 Å². The first-order chi connectivity index (χ1) is 14.1. The second-order valence-electron chi connectivity index (χ2n) is 7.11. The van der Waals surface area contributed by atoms with E-state index in [1.165, 1.54) is 11.1 Å². The van der Waals surface area contributed by atoms with Crippen LogP contribution in [0.2, 0.25) is 0 Å². The lowest BCUT2D eigenvalue weighted by Gasteiger charge is -2.21. The van der Waals surface area contributed by atoms with Gasteiger partial charge in [0.05, 0.1) is 6.54 Å². The van der Waals surface area contributed by atoms with Crippen LogP contribution in [0.4, 0.5) is 0 Å². The van der Waals surface area contributed by atoms with E-state index in [-0.39, 0.29) is 5.78 Å². The van der Waals surface area contributed by atoms with Crippen LogP contribution in [0.15, 0.2) is 101 Å². The smallest absolute Gasteiger partial charge is 0.171 e. The standard InChI is InChI=1S/C25H25BrN2O/c26-23-13-11-20(12-14-23)15-24(27)16-25(29)19-28(17-21-7-3-1-4-8-21)18-22-9-5-2-6-10-22/h1-14,16H,15,17-19,27H2/b24-16-. The number of nitrogens with two attached hydrogens (primary N) is 1. The van der Waals surface area contributed by atoms with E-state index in [0.717, 1.165) is 10.0 Å². The summed E-state index contributed by atoms with van der Waals surface area (Å²) in [5, 5.41) is 0. The molecule has 0 atom stereocenters. The highest BCUT2D eigenvalue weighted by Gasteiger charge is 2.11. The first-order valence-corrected chi connectivity index (χ1v) is 10.4. The molecule has 0 saturated carbocycles. The summed E-state index contributed by atoms with van der Waals surface area (Å²) in [5.41, 5.74) is 10.2. The fraction of sp³-hybridized carbons (Fsp3) is 0.160. The molecule has 0 amide bonds. The first kappa shape index (κ1) is 21.0. The van der Waals surface area contributed by atoms with Gasteiger partial charge in [-0.2, -0.15) is 0 Å². The Labute approximate surface area is 181 Å². The van der Waals surface area contributed by atoms with E-state index in [1.54, 1.807) is 6.08 Å². The molecule has 0 fully saturated rings. The van der Waals surface area contributed by atoms with Crippen molar-refractivity contribution in [2.24, 2.45) is 5.73 Å². The maximum Gasteiger partial charge on any atom is 0.171 e. The van der Waals surface area contributed by atoms with Gasteiger partial charge in [0, 0.05) is 35.8 Å². The van der Waals surface area contributed by atoms with Gasteiger partial charge in [0.15, 0.2) is 5.78 Å². The van der Waals surface area contributed by atoms with Gasteiger partial charge in [0.1, 0.15) is 0 Å². The number of allylic oxidation sites excluding steroid dienone is 1.